The summed E-state index contributed by atoms with van der Waals surface area (Å²) in [6, 6.07) is 13.9. The van der Waals surface area contributed by atoms with E-state index < -0.39 is 0 Å². The van der Waals surface area contributed by atoms with Crippen molar-refractivity contribution in [2.45, 2.75) is 39.0 Å². The van der Waals surface area contributed by atoms with E-state index in [2.05, 4.69) is 13.0 Å². The predicted molar refractivity (Wildman–Crippen MR) is 114 cm³/mol. The first-order valence-corrected chi connectivity index (χ1v) is 10.1. The molecule has 148 valence electrons. The number of methoxy groups -OCH3 is 1. The van der Waals surface area contributed by atoms with Gasteiger partial charge >= 0.3 is 0 Å². The number of carbonyl (C=O) groups excluding carboxylic acids is 1. The number of carbonyl (C=O) groups is 1. The molecule has 1 aliphatic heterocycles. The minimum Gasteiger partial charge on any atom is -0.493 e. The number of hydrogen-bond acceptors (Lipinski definition) is 3. The summed E-state index contributed by atoms with van der Waals surface area (Å²) in [5, 5.41) is 0. The van der Waals surface area contributed by atoms with Gasteiger partial charge < -0.3 is 14.4 Å². The number of rotatable bonds is 8. The fraction of sp³-hybridized carbons (Fsp3) is 0.375. The first kappa shape index (κ1) is 20.0. The zero-order valence-electron chi connectivity index (χ0n) is 16.8. The van der Waals surface area contributed by atoms with Crippen molar-refractivity contribution in [2.24, 2.45) is 0 Å². The van der Waals surface area contributed by atoms with Crippen molar-refractivity contribution < 1.29 is 14.3 Å². The molecule has 4 nitrogen and oxygen atoms in total. The second kappa shape index (κ2) is 9.98. The van der Waals surface area contributed by atoms with E-state index in [-0.39, 0.29) is 5.91 Å². The average molecular weight is 380 g/mol. The molecule has 0 saturated carbocycles. The Kier molecular flexibility index (Phi) is 7.12. The number of aryl methyl sites for hydroxylation is 1. The van der Waals surface area contributed by atoms with Gasteiger partial charge in [-0.15, -0.1) is 0 Å². The maximum atomic E-state index is 12.7. The van der Waals surface area contributed by atoms with Gasteiger partial charge in [0.05, 0.1) is 13.7 Å². The lowest BCUT2D eigenvalue weighted by Crippen LogP contribution is -2.34. The van der Waals surface area contributed by atoms with Gasteiger partial charge in [-0.05, 0) is 54.7 Å². The van der Waals surface area contributed by atoms with E-state index in [1.807, 2.05) is 47.4 Å². The van der Waals surface area contributed by atoms with Crippen LogP contribution in [0.1, 0.15) is 43.7 Å². The summed E-state index contributed by atoms with van der Waals surface area (Å²) < 4.78 is 11.3. The number of hydrogen-bond donors (Lipinski definition) is 0. The molecule has 0 saturated heterocycles. The first-order valence-electron chi connectivity index (χ1n) is 10.1. The van der Waals surface area contributed by atoms with Crippen LogP contribution < -0.4 is 14.4 Å². The fourth-order valence-corrected chi connectivity index (χ4v) is 3.46. The molecule has 1 amide bonds. The van der Waals surface area contributed by atoms with E-state index in [0.717, 1.165) is 49.2 Å². The van der Waals surface area contributed by atoms with Crippen molar-refractivity contribution in [3.8, 4) is 11.5 Å². The zero-order valence-corrected chi connectivity index (χ0v) is 16.8. The van der Waals surface area contributed by atoms with Crippen LogP contribution in [0.15, 0.2) is 48.5 Å². The summed E-state index contributed by atoms with van der Waals surface area (Å²) in [6.07, 6.45) is 8.86. The predicted octanol–water partition coefficient (Wildman–Crippen LogP) is 5.26. The molecule has 0 bridgehead atoms. The Bertz CT molecular complexity index is 828. The van der Waals surface area contributed by atoms with Crippen LogP contribution >= 0.6 is 0 Å². The Morgan fingerprint density at radius 3 is 2.82 bits per heavy atom. The highest BCUT2D eigenvalue weighted by Crippen LogP contribution is 2.30. The highest BCUT2D eigenvalue weighted by molar-refractivity contribution is 6.04. The number of unbranched alkanes of at least 4 members (excludes halogenated alkanes) is 2. The second-order valence-electron chi connectivity index (χ2n) is 7.02. The van der Waals surface area contributed by atoms with Crippen LogP contribution in [0.2, 0.25) is 0 Å². The lowest BCUT2D eigenvalue weighted by atomic mass is 10.0. The largest absolute Gasteiger partial charge is 0.493 e. The van der Waals surface area contributed by atoms with Crippen molar-refractivity contribution >= 4 is 17.7 Å². The first-order chi connectivity index (χ1) is 13.7. The lowest BCUT2D eigenvalue weighted by Gasteiger charge is -2.28. The molecule has 0 aliphatic carbocycles. The van der Waals surface area contributed by atoms with Crippen LogP contribution in [0.25, 0.3) is 6.08 Å². The van der Waals surface area contributed by atoms with Crippen LogP contribution in [0, 0.1) is 0 Å². The van der Waals surface area contributed by atoms with Gasteiger partial charge in [0.1, 0.15) is 0 Å². The molecule has 0 unspecified atom stereocenters. The van der Waals surface area contributed by atoms with Gasteiger partial charge in [0, 0.05) is 18.3 Å². The SMILES string of the molecule is CCCCCOc1ccc(/C=C/C(=O)N2CCCc3ccccc32)cc1OC. The van der Waals surface area contributed by atoms with Gasteiger partial charge in [-0.2, -0.15) is 0 Å². The topological polar surface area (TPSA) is 38.8 Å². The van der Waals surface area contributed by atoms with Crippen LogP contribution in [0.4, 0.5) is 5.69 Å². The maximum absolute atomic E-state index is 12.7. The zero-order chi connectivity index (χ0) is 19.8. The number of para-hydroxylation sites is 1. The highest BCUT2D eigenvalue weighted by Gasteiger charge is 2.20. The van der Waals surface area contributed by atoms with E-state index in [1.165, 1.54) is 12.0 Å². The van der Waals surface area contributed by atoms with Crippen molar-refractivity contribution in [2.75, 3.05) is 25.2 Å². The minimum absolute atomic E-state index is 0.00556. The number of fused-ring (bicyclic) bond motifs is 1. The average Bonchev–Trinajstić information content (AvgIpc) is 2.75. The summed E-state index contributed by atoms with van der Waals surface area (Å²) in [5.41, 5.74) is 3.18. The Balaban J connectivity index is 1.68. The highest BCUT2D eigenvalue weighted by atomic mass is 16.5. The van der Waals surface area contributed by atoms with Gasteiger partial charge in [0.25, 0.3) is 5.91 Å². The summed E-state index contributed by atoms with van der Waals surface area (Å²) in [5.74, 6) is 1.44. The molecule has 3 rings (SSSR count). The summed E-state index contributed by atoms with van der Waals surface area (Å²) in [4.78, 5) is 14.6. The summed E-state index contributed by atoms with van der Waals surface area (Å²) in [6.45, 7) is 3.62. The second-order valence-corrected chi connectivity index (χ2v) is 7.02. The van der Waals surface area contributed by atoms with Crippen LogP contribution in [-0.4, -0.2) is 26.2 Å². The van der Waals surface area contributed by atoms with Crippen LogP contribution in [0.3, 0.4) is 0 Å². The standard InChI is InChI=1S/C24H29NO3/c1-3-4-7-17-28-22-14-12-19(18-23(22)27-2)13-15-24(26)25-16-8-10-20-9-5-6-11-21(20)25/h5-6,9,11-15,18H,3-4,7-8,10,16-17H2,1-2H3/b15-13+. The third-order valence-electron chi connectivity index (χ3n) is 4.99. The fourth-order valence-electron chi connectivity index (χ4n) is 3.46. The molecular weight excluding hydrogens is 350 g/mol. The summed E-state index contributed by atoms with van der Waals surface area (Å²) in [7, 11) is 1.64. The third-order valence-corrected chi connectivity index (χ3v) is 4.99. The number of anilines is 1. The molecule has 1 heterocycles. The maximum Gasteiger partial charge on any atom is 0.250 e. The molecule has 0 N–H and O–H groups in total. The monoisotopic (exact) mass is 379 g/mol. The minimum atomic E-state index is 0.00556. The molecule has 0 atom stereocenters. The molecule has 1 aliphatic rings. The molecule has 2 aromatic rings. The molecule has 0 spiro atoms. The molecular formula is C24H29NO3. The van der Waals surface area contributed by atoms with E-state index >= 15 is 0 Å². The van der Waals surface area contributed by atoms with Gasteiger partial charge in [-0.1, -0.05) is 44.0 Å². The van der Waals surface area contributed by atoms with Crippen molar-refractivity contribution in [1.29, 1.82) is 0 Å². The normalized spacial score (nSPS) is 13.4. The smallest absolute Gasteiger partial charge is 0.250 e. The number of ether oxygens (including phenoxy) is 2. The van der Waals surface area contributed by atoms with Gasteiger partial charge in [0.2, 0.25) is 0 Å². The molecule has 2 aromatic carbocycles. The Hall–Kier alpha value is -2.75. The van der Waals surface area contributed by atoms with Gasteiger partial charge in [-0.3, -0.25) is 4.79 Å². The molecule has 0 radical (unpaired) electrons. The Morgan fingerprint density at radius 1 is 1.14 bits per heavy atom. The molecule has 4 heteroatoms. The van der Waals surface area contributed by atoms with Crippen LogP contribution in [0.5, 0.6) is 11.5 Å². The number of benzene rings is 2. The van der Waals surface area contributed by atoms with Crippen LogP contribution in [-0.2, 0) is 11.2 Å². The molecule has 0 aromatic heterocycles. The van der Waals surface area contributed by atoms with Gasteiger partial charge in [-0.25, -0.2) is 0 Å². The summed E-state index contributed by atoms with van der Waals surface area (Å²) >= 11 is 0. The van der Waals surface area contributed by atoms with Crippen molar-refractivity contribution in [3.63, 3.8) is 0 Å². The Labute approximate surface area is 167 Å². The van der Waals surface area contributed by atoms with E-state index in [4.69, 9.17) is 9.47 Å². The quantitative estimate of drug-likeness (QED) is 0.464. The van der Waals surface area contributed by atoms with E-state index in [0.29, 0.717) is 12.4 Å². The van der Waals surface area contributed by atoms with E-state index in [1.54, 1.807) is 13.2 Å². The lowest BCUT2D eigenvalue weighted by molar-refractivity contribution is -0.114. The Morgan fingerprint density at radius 2 is 2.00 bits per heavy atom. The van der Waals surface area contributed by atoms with Crippen molar-refractivity contribution in [1.82, 2.24) is 0 Å². The number of amides is 1. The third kappa shape index (κ3) is 4.94. The number of nitrogens with zero attached hydrogens (tertiary/aromatic N) is 1. The molecule has 28 heavy (non-hydrogen) atoms. The van der Waals surface area contributed by atoms with E-state index in [9.17, 15) is 4.79 Å². The molecule has 0 fully saturated rings. The van der Waals surface area contributed by atoms with Crippen molar-refractivity contribution in [3.05, 3.63) is 59.7 Å². The van der Waals surface area contributed by atoms with Gasteiger partial charge in [0.15, 0.2) is 11.5 Å².